The lowest BCUT2D eigenvalue weighted by Gasteiger charge is -2.18. The molecule has 24 heavy (non-hydrogen) atoms. The average molecular weight is 363 g/mol. The van der Waals surface area contributed by atoms with E-state index in [9.17, 15) is 0 Å². The maximum Gasteiger partial charge on any atom is 0.171 e. The van der Waals surface area contributed by atoms with Gasteiger partial charge in [-0.25, -0.2) is 0 Å². The van der Waals surface area contributed by atoms with Crippen LogP contribution < -0.4 is 15.4 Å². The third-order valence-corrected chi connectivity index (χ3v) is 4.67. The van der Waals surface area contributed by atoms with Crippen LogP contribution in [0.5, 0.6) is 5.75 Å². The maximum absolute atomic E-state index is 6.34. The van der Waals surface area contributed by atoms with Gasteiger partial charge in [-0.3, -0.25) is 0 Å². The van der Waals surface area contributed by atoms with Crippen molar-refractivity contribution < 1.29 is 4.74 Å². The van der Waals surface area contributed by atoms with E-state index in [1.54, 1.807) is 7.11 Å². The second kappa shape index (κ2) is 7.86. The first-order chi connectivity index (χ1) is 11.3. The van der Waals surface area contributed by atoms with E-state index in [1.807, 2.05) is 19.9 Å². The minimum Gasteiger partial charge on any atom is -0.495 e. The van der Waals surface area contributed by atoms with E-state index in [-0.39, 0.29) is 0 Å². The molecule has 0 fully saturated rings. The van der Waals surface area contributed by atoms with Gasteiger partial charge < -0.3 is 15.4 Å². The first-order valence-electron chi connectivity index (χ1n) is 7.77. The molecule has 2 N–H and O–H groups in total. The van der Waals surface area contributed by atoms with E-state index in [0.29, 0.717) is 11.7 Å². The van der Waals surface area contributed by atoms with Crippen LogP contribution in [0.15, 0.2) is 24.3 Å². The highest BCUT2D eigenvalue weighted by atomic mass is 35.5. The smallest absolute Gasteiger partial charge is 0.171 e. The van der Waals surface area contributed by atoms with Crippen LogP contribution in [0.3, 0.4) is 0 Å². The number of hydrogen-bond acceptors (Lipinski definition) is 2. The monoisotopic (exact) mass is 362 g/mol. The van der Waals surface area contributed by atoms with Gasteiger partial charge in [-0.2, -0.15) is 0 Å². The molecule has 128 valence electrons. The Hall–Kier alpha value is -1.78. The van der Waals surface area contributed by atoms with Crippen molar-refractivity contribution in [2.75, 3.05) is 12.4 Å². The van der Waals surface area contributed by atoms with Gasteiger partial charge in [0.2, 0.25) is 0 Å². The molecule has 0 unspecified atom stereocenters. The van der Waals surface area contributed by atoms with Crippen LogP contribution in [-0.2, 0) is 6.54 Å². The molecular formula is C19H23ClN2OS. The van der Waals surface area contributed by atoms with Crippen LogP contribution in [0.25, 0.3) is 0 Å². The highest BCUT2D eigenvalue weighted by Crippen LogP contribution is 2.35. The van der Waals surface area contributed by atoms with E-state index < -0.39 is 0 Å². The number of hydrogen-bond donors (Lipinski definition) is 2. The molecule has 0 aliphatic heterocycles. The minimum atomic E-state index is 0.537. The molecule has 0 aliphatic rings. The maximum atomic E-state index is 6.34. The molecule has 0 bridgehead atoms. The molecule has 0 amide bonds. The van der Waals surface area contributed by atoms with Crippen molar-refractivity contribution in [3.8, 4) is 5.75 Å². The Morgan fingerprint density at radius 3 is 2.29 bits per heavy atom. The van der Waals surface area contributed by atoms with Gasteiger partial charge >= 0.3 is 0 Å². The molecule has 2 aromatic carbocycles. The molecule has 3 nitrogen and oxygen atoms in total. The first kappa shape index (κ1) is 18.6. The highest BCUT2D eigenvalue weighted by molar-refractivity contribution is 7.80. The zero-order valence-corrected chi connectivity index (χ0v) is 16.3. The fourth-order valence-electron chi connectivity index (χ4n) is 2.75. The van der Waals surface area contributed by atoms with E-state index in [4.69, 9.17) is 28.6 Å². The van der Waals surface area contributed by atoms with Gasteiger partial charge in [-0.15, -0.1) is 0 Å². The number of anilines is 1. The number of benzene rings is 2. The molecule has 0 aromatic heterocycles. The molecule has 0 saturated carbocycles. The molecule has 0 atom stereocenters. The van der Waals surface area contributed by atoms with E-state index in [1.165, 1.54) is 16.7 Å². The lowest BCUT2D eigenvalue weighted by atomic mass is 10.1. The van der Waals surface area contributed by atoms with Gasteiger partial charge in [0.25, 0.3) is 0 Å². The van der Waals surface area contributed by atoms with Crippen molar-refractivity contribution in [2.24, 2.45) is 0 Å². The predicted molar refractivity (Wildman–Crippen MR) is 106 cm³/mol. The molecule has 2 aromatic rings. The zero-order chi connectivity index (χ0) is 17.9. The van der Waals surface area contributed by atoms with Crippen molar-refractivity contribution in [1.82, 2.24) is 5.32 Å². The van der Waals surface area contributed by atoms with Crippen molar-refractivity contribution in [3.63, 3.8) is 0 Å². The Morgan fingerprint density at radius 2 is 1.71 bits per heavy atom. The summed E-state index contributed by atoms with van der Waals surface area (Å²) in [6.07, 6.45) is 0. The number of rotatable bonds is 4. The number of nitrogens with one attached hydrogen (secondary N) is 2. The quantitative estimate of drug-likeness (QED) is 0.744. The Labute approximate surface area is 154 Å². The summed E-state index contributed by atoms with van der Waals surface area (Å²) in [6.45, 7) is 8.76. The standard InChI is InChI=1S/C19H23ClN2OS/c1-11-6-12(2)8-15(7-11)10-21-19(24)22-18-14(4)17(20)13(3)9-16(18)23-5/h6-9H,10H2,1-5H3,(H2,21,22,24). The average Bonchev–Trinajstić information content (AvgIpc) is 2.52. The van der Waals surface area contributed by atoms with Crippen molar-refractivity contribution in [2.45, 2.75) is 34.2 Å². The lowest BCUT2D eigenvalue weighted by molar-refractivity contribution is 0.416. The van der Waals surface area contributed by atoms with Crippen molar-refractivity contribution in [3.05, 3.63) is 57.1 Å². The van der Waals surface area contributed by atoms with E-state index in [2.05, 4.69) is 42.7 Å². The van der Waals surface area contributed by atoms with Gasteiger partial charge in [0.1, 0.15) is 5.75 Å². The molecule has 0 heterocycles. The summed E-state index contributed by atoms with van der Waals surface area (Å²) in [5.74, 6) is 0.727. The van der Waals surface area contributed by atoms with Crippen LogP contribution in [0.2, 0.25) is 5.02 Å². The third kappa shape index (κ3) is 4.40. The van der Waals surface area contributed by atoms with Crippen molar-refractivity contribution >= 4 is 34.6 Å². The van der Waals surface area contributed by atoms with E-state index in [0.717, 1.165) is 27.6 Å². The molecule has 2 rings (SSSR count). The van der Waals surface area contributed by atoms with Crippen LogP contribution in [0.1, 0.15) is 27.8 Å². The summed E-state index contributed by atoms with van der Waals surface area (Å²) >= 11 is 11.8. The number of aryl methyl sites for hydroxylation is 3. The van der Waals surface area contributed by atoms with E-state index >= 15 is 0 Å². The van der Waals surface area contributed by atoms with Gasteiger partial charge in [-0.05, 0) is 62.7 Å². The number of thiocarbonyl (C=S) groups is 1. The predicted octanol–water partition coefficient (Wildman–Crippen LogP) is 5.07. The second-order valence-corrected chi connectivity index (χ2v) is 6.80. The molecular weight excluding hydrogens is 340 g/mol. The Kier molecular flexibility index (Phi) is 6.08. The highest BCUT2D eigenvalue weighted by Gasteiger charge is 2.13. The molecule has 0 spiro atoms. The summed E-state index contributed by atoms with van der Waals surface area (Å²) in [4.78, 5) is 0. The molecule has 5 heteroatoms. The van der Waals surface area contributed by atoms with Crippen LogP contribution >= 0.6 is 23.8 Å². The van der Waals surface area contributed by atoms with Crippen molar-refractivity contribution in [1.29, 1.82) is 0 Å². The molecule has 0 radical (unpaired) electrons. The first-order valence-corrected chi connectivity index (χ1v) is 8.56. The fraction of sp³-hybridized carbons (Fsp3) is 0.316. The zero-order valence-electron chi connectivity index (χ0n) is 14.7. The Balaban J connectivity index is 2.11. The molecule has 0 saturated heterocycles. The van der Waals surface area contributed by atoms with Crippen LogP contribution in [-0.4, -0.2) is 12.2 Å². The summed E-state index contributed by atoms with van der Waals surface area (Å²) in [5.41, 5.74) is 6.38. The third-order valence-electron chi connectivity index (χ3n) is 3.84. The lowest BCUT2D eigenvalue weighted by Crippen LogP contribution is -2.28. The second-order valence-electron chi connectivity index (χ2n) is 6.01. The summed E-state index contributed by atoms with van der Waals surface area (Å²) in [6, 6.07) is 8.36. The summed E-state index contributed by atoms with van der Waals surface area (Å²) < 4.78 is 5.45. The number of methoxy groups -OCH3 is 1. The summed E-state index contributed by atoms with van der Waals surface area (Å²) in [5, 5.41) is 7.70. The normalized spacial score (nSPS) is 10.4. The molecule has 0 aliphatic carbocycles. The van der Waals surface area contributed by atoms with Gasteiger partial charge in [0.05, 0.1) is 12.8 Å². The van der Waals surface area contributed by atoms with Crippen LogP contribution in [0, 0.1) is 27.7 Å². The summed E-state index contributed by atoms with van der Waals surface area (Å²) in [7, 11) is 1.64. The van der Waals surface area contributed by atoms with Gasteiger partial charge in [0.15, 0.2) is 5.11 Å². The SMILES string of the molecule is COc1cc(C)c(Cl)c(C)c1NC(=S)NCc1cc(C)cc(C)c1. The van der Waals surface area contributed by atoms with Crippen LogP contribution in [0.4, 0.5) is 5.69 Å². The topological polar surface area (TPSA) is 33.3 Å². The Bertz CT molecular complexity index is 754. The Morgan fingerprint density at radius 1 is 1.08 bits per heavy atom. The van der Waals surface area contributed by atoms with Gasteiger partial charge in [0, 0.05) is 11.6 Å². The minimum absolute atomic E-state index is 0.537. The fourth-order valence-corrected chi connectivity index (χ4v) is 3.07. The number of halogens is 1. The van der Waals surface area contributed by atoms with Gasteiger partial charge in [-0.1, -0.05) is 40.9 Å². The number of ether oxygens (including phenoxy) is 1. The largest absolute Gasteiger partial charge is 0.495 e.